The van der Waals surface area contributed by atoms with E-state index in [0.29, 0.717) is 0 Å². The van der Waals surface area contributed by atoms with Gasteiger partial charge >= 0.3 is 0 Å². The third kappa shape index (κ3) is 4.45. The van der Waals surface area contributed by atoms with Crippen molar-refractivity contribution in [1.29, 1.82) is 0 Å². The minimum absolute atomic E-state index is 0.817. The predicted molar refractivity (Wildman–Crippen MR) is 148 cm³/mol. The molecule has 0 unspecified atom stereocenters. The number of allylic oxidation sites excluding steroid dienone is 1. The van der Waals surface area contributed by atoms with Crippen molar-refractivity contribution in [3.63, 3.8) is 0 Å². The van der Waals surface area contributed by atoms with Gasteiger partial charge in [0.15, 0.2) is 0 Å². The smallest absolute Gasteiger partial charge is 0.116 e. The average molecular weight is 487 g/mol. The number of unbranched alkanes of at least 4 members (excludes halogenated alkanes) is 1. The molecule has 8 nitrogen and oxygen atoms in total. The number of aromatic amines is 2. The van der Waals surface area contributed by atoms with E-state index < -0.39 is 0 Å². The molecule has 0 amide bonds. The lowest BCUT2D eigenvalue weighted by Crippen LogP contribution is -1.99. The van der Waals surface area contributed by atoms with Crippen LogP contribution in [0.2, 0.25) is 0 Å². The molecule has 0 aliphatic rings. The monoisotopic (exact) mass is 486 g/mol. The minimum Gasteiger partial charge on any atom is -0.358 e. The third-order valence-electron chi connectivity index (χ3n) is 6.38. The summed E-state index contributed by atoms with van der Waals surface area (Å²) in [6, 6.07) is 12.1. The van der Waals surface area contributed by atoms with Crippen molar-refractivity contribution in [2.45, 2.75) is 26.2 Å². The number of hydrogen-bond acceptors (Lipinski definition) is 6. The second-order valence-electron chi connectivity index (χ2n) is 9.03. The van der Waals surface area contributed by atoms with Crippen molar-refractivity contribution in [2.75, 3.05) is 5.32 Å². The zero-order chi connectivity index (χ0) is 25.2. The van der Waals surface area contributed by atoms with Gasteiger partial charge in [-0.05, 0) is 43.2 Å². The van der Waals surface area contributed by atoms with Gasteiger partial charge in [0, 0.05) is 46.2 Å². The molecule has 0 aliphatic carbocycles. The Kier molecular flexibility index (Phi) is 5.90. The molecule has 0 saturated carbocycles. The number of pyridine rings is 4. The van der Waals surface area contributed by atoms with Gasteiger partial charge in [-0.15, -0.1) is 0 Å². The minimum atomic E-state index is 0.817. The first kappa shape index (κ1) is 22.6. The molecule has 0 spiro atoms. The average Bonchev–Trinajstić information content (AvgIpc) is 3.56. The molecule has 182 valence electrons. The molecule has 0 bridgehead atoms. The lowest BCUT2D eigenvalue weighted by atomic mass is 10.1. The summed E-state index contributed by atoms with van der Waals surface area (Å²) in [4.78, 5) is 21.5. The number of nitrogens with one attached hydrogen (secondary N) is 3. The Bertz CT molecular complexity index is 1710. The predicted octanol–water partition coefficient (Wildman–Crippen LogP) is 6.74. The van der Waals surface area contributed by atoms with Crippen molar-refractivity contribution in [2.24, 2.45) is 0 Å². The van der Waals surface area contributed by atoms with Crippen molar-refractivity contribution in [3.05, 3.63) is 85.9 Å². The van der Waals surface area contributed by atoms with Crippen LogP contribution in [-0.2, 0) is 0 Å². The van der Waals surface area contributed by atoms with Crippen LogP contribution in [-0.4, -0.2) is 35.1 Å². The molecule has 0 atom stereocenters. The van der Waals surface area contributed by atoms with Gasteiger partial charge in [-0.25, -0.2) is 0 Å². The van der Waals surface area contributed by atoms with Crippen LogP contribution in [0.4, 0.5) is 5.69 Å². The number of aromatic nitrogens is 7. The van der Waals surface area contributed by atoms with E-state index in [4.69, 9.17) is 0 Å². The number of fused-ring (bicyclic) bond motifs is 2. The summed E-state index contributed by atoms with van der Waals surface area (Å²) >= 11 is 0. The first-order valence-electron chi connectivity index (χ1n) is 12.3. The van der Waals surface area contributed by atoms with Crippen LogP contribution in [0.3, 0.4) is 0 Å². The summed E-state index contributed by atoms with van der Waals surface area (Å²) in [6.07, 6.45) is 14.1. The van der Waals surface area contributed by atoms with Crippen LogP contribution in [0, 0.1) is 0 Å². The number of nitrogens with zero attached hydrogens (tertiary/aromatic N) is 5. The Morgan fingerprint density at radius 3 is 2.70 bits per heavy atom. The molecule has 6 aromatic rings. The molecule has 0 aliphatic heterocycles. The third-order valence-corrected chi connectivity index (χ3v) is 6.38. The van der Waals surface area contributed by atoms with Crippen LogP contribution in [0.1, 0.15) is 26.2 Å². The van der Waals surface area contributed by atoms with E-state index in [2.05, 4.69) is 60.0 Å². The van der Waals surface area contributed by atoms with E-state index in [9.17, 15) is 0 Å². The molecule has 0 radical (unpaired) electrons. The number of hydrogen-bond donors (Lipinski definition) is 3. The molecule has 0 saturated heterocycles. The van der Waals surface area contributed by atoms with E-state index in [1.54, 1.807) is 12.4 Å². The SMILES string of the molecule is C=C(CCCC)Nc1cncc(-c2cc3c(-c4cc5c(-c6ccccn6)cncc5[nH]4)n[nH]c3cn2)c1. The van der Waals surface area contributed by atoms with E-state index in [1.807, 2.05) is 55.1 Å². The molecule has 37 heavy (non-hydrogen) atoms. The van der Waals surface area contributed by atoms with Gasteiger partial charge in [0.25, 0.3) is 0 Å². The molecule has 3 N–H and O–H groups in total. The summed E-state index contributed by atoms with van der Waals surface area (Å²) in [5, 5.41) is 13.1. The zero-order valence-electron chi connectivity index (χ0n) is 20.5. The summed E-state index contributed by atoms with van der Waals surface area (Å²) in [6.45, 7) is 6.31. The lowest BCUT2D eigenvalue weighted by molar-refractivity contribution is 0.791. The van der Waals surface area contributed by atoms with Crippen LogP contribution >= 0.6 is 0 Å². The van der Waals surface area contributed by atoms with E-state index in [-0.39, 0.29) is 0 Å². The lowest BCUT2D eigenvalue weighted by Gasteiger charge is -2.10. The molecule has 6 rings (SSSR count). The Balaban J connectivity index is 1.37. The van der Waals surface area contributed by atoms with Gasteiger partial charge in [0.05, 0.1) is 52.4 Å². The fourth-order valence-corrected chi connectivity index (χ4v) is 4.49. The van der Waals surface area contributed by atoms with Crippen LogP contribution < -0.4 is 5.32 Å². The second kappa shape index (κ2) is 9.66. The van der Waals surface area contributed by atoms with Crippen LogP contribution in [0.25, 0.3) is 55.7 Å². The van der Waals surface area contributed by atoms with E-state index >= 15 is 0 Å². The van der Waals surface area contributed by atoms with Crippen LogP contribution in [0.5, 0.6) is 0 Å². The largest absolute Gasteiger partial charge is 0.358 e. The van der Waals surface area contributed by atoms with Gasteiger partial charge in [-0.3, -0.25) is 25.0 Å². The number of anilines is 1. The fourth-order valence-electron chi connectivity index (χ4n) is 4.49. The van der Waals surface area contributed by atoms with Crippen molar-refractivity contribution in [3.8, 4) is 33.9 Å². The summed E-state index contributed by atoms with van der Waals surface area (Å²) in [7, 11) is 0. The first-order valence-corrected chi connectivity index (χ1v) is 12.3. The Morgan fingerprint density at radius 1 is 0.919 bits per heavy atom. The maximum absolute atomic E-state index is 4.66. The number of H-pyrrole nitrogens is 2. The van der Waals surface area contributed by atoms with E-state index in [0.717, 1.165) is 86.4 Å². The summed E-state index contributed by atoms with van der Waals surface area (Å²) < 4.78 is 0. The van der Waals surface area contributed by atoms with Crippen molar-refractivity contribution >= 4 is 27.5 Å². The Morgan fingerprint density at radius 2 is 1.84 bits per heavy atom. The van der Waals surface area contributed by atoms with Gasteiger partial charge in [0.1, 0.15) is 5.69 Å². The normalized spacial score (nSPS) is 11.3. The van der Waals surface area contributed by atoms with Gasteiger partial charge in [0.2, 0.25) is 0 Å². The molecular formula is C29H26N8. The van der Waals surface area contributed by atoms with Crippen LogP contribution in [0.15, 0.2) is 85.9 Å². The number of rotatable bonds is 8. The second-order valence-corrected chi connectivity index (χ2v) is 9.03. The van der Waals surface area contributed by atoms with Crippen molar-refractivity contribution < 1.29 is 0 Å². The Hall–Kier alpha value is -4.85. The molecule has 0 fully saturated rings. The van der Waals surface area contributed by atoms with Gasteiger partial charge in [-0.2, -0.15) is 5.10 Å². The highest BCUT2D eigenvalue weighted by atomic mass is 15.1. The highest BCUT2D eigenvalue weighted by Crippen LogP contribution is 2.34. The topological polar surface area (TPSA) is 108 Å². The maximum Gasteiger partial charge on any atom is 0.116 e. The molecule has 6 aromatic heterocycles. The van der Waals surface area contributed by atoms with Gasteiger partial charge < -0.3 is 10.3 Å². The maximum atomic E-state index is 4.66. The summed E-state index contributed by atoms with van der Waals surface area (Å²) in [5.41, 5.74) is 8.96. The highest BCUT2D eigenvalue weighted by molar-refractivity contribution is 6.00. The zero-order valence-corrected chi connectivity index (χ0v) is 20.5. The molecule has 8 heteroatoms. The quantitative estimate of drug-likeness (QED) is 0.220. The standard InChI is InChI=1S/C29H26N8/c1-3-4-7-18(2)34-20-10-19(13-30-14-20)25-12-22-28(17-33-25)36-37-29(22)26-11-21-23(15-31-16-27(21)35-26)24-8-5-6-9-32-24/h5-6,8-17,34-35H,2-4,7H2,1H3,(H,36,37). The first-order chi connectivity index (χ1) is 18.2. The Labute approximate surface area is 214 Å². The molecule has 6 heterocycles. The summed E-state index contributed by atoms with van der Waals surface area (Å²) in [5.74, 6) is 0. The molecule has 0 aromatic carbocycles. The van der Waals surface area contributed by atoms with Gasteiger partial charge in [-0.1, -0.05) is 26.0 Å². The molecular weight excluding hydrogens is 460 g/mol. The van der Waals surface area contributed by atoms with E-state index in [1.165, 1.54) is 0 Å². The highest BCUT2D eigenvalue weighted by Gasteiger charge is 2.15. The fraction of sp³-hybridized carbons (Fsp3) is 0.138. The van der Waals surface area contributed by atoms with Crippen molar-refractivity contribution in [1.82, 2.24) is 35.1 Å².